The average Bonchev–Trinajstić information content (AvgIpc) is 2.21. The molecule has 0 fully saturated rings. The highest BCUT2D eigenvalue weighted by Crippen LogP contribution is 2.09. The van der Waals surface area contributed by atoms with Gasteiger partial charge in [-0.2, -0.15) is 5.10 Å². The molecule has 6 heteroatoms. The second-order valence-electron chi connectivity index (χ2n) is 3.11. The highest BCUT2D eigenvalue weighted by Gasteiger charge is 2.07. The summed E-state index contributed by atoms with van der Waals surface area (Å²) in [6.45, 7) is 3.75. The third kappa shape index (κ3) is 6.92. The molecule has 0 aliphatic carbocycles. The minimum absolute atomic E-state index is 0. The van der Waals surface area contributed by atoms with Crippen molar-refractivity contribution < 1.29 is 4.74 Å². The Labute approximate surface area is 106 Å². The van der Waals surface area contributed by atoms with Crippen molar-refractivity contribution in [2.24, 2.45) is 15.9 Å². The zero-order chi connectivity index (χ0) is 10.2. The van der Waals surface area contributed by atoms with Gasteiger partial charge in [-0.1, -0.05) is 25.1 Å². The Morgan fingerprint density at radius 3 is 2.80 bits per heavy atom. The van der Waals surface area contributed by atoms with Gasteiger partial charge >= 0.3 is 0 Å². The van der Waals surface area contributed by atoms with Crippen molar-refractivity contribution in [2.45, 2.75) is 26.2 Å². The van der Waals surface area contributed by atoms with E-state index in [1.807, 2.05) is 0 Å². The van der Waals surface area contributed by atoms with Crippen LogP contribution in [0.2, 0.25) is 0 Å². The van der Waals surface area contributed by atoms with E-state index in [1.165, 1.54) is 18.2 Å². The number of amidine groups is 1. The van der Waals surface area contributed by atoms with Crippen molar-refractivity contribution in [1.82, 2.24) is 0 Å². The summed E-state index contributed by atoms with van der Waals surface area (Å²) in [5, 5.41) is 8.38. The molecule has 88 valence electrons. The normalized spacial score (nSPS) is 15.3. The molecular formula is C9H18BrN3OS. The molecule has 0 amide bonds. The summed E-state index contributed by atoms with van der Waals surface area (Å²) in [4.78, 5) is 0. The van der Waals surface area contributed by atoms with Gasteiger partial charge in [-0.05, 0) is 6.42 Å². The van der Waals surface area contributed by atoms with Crippen LogP contribution in [0.15, 0.2) is 10.2 Å². The number of nitrogens with zero attached hydrogens (tertiary/aromatic N) is 2. The molecule has 0 aromatic carbocycles. The van der Waals surface area contributed by atoms with Gasteiger partial charge in [0.2, 0.25) is 0 Å². The number of rotatable bonds is 6. The Morgan fingerprint density at radius 2 is 2.20 bits per heavy atom. The van der Waals surface area contributed by atoms with Gasteiger partial charge in [-0.15, -0.1) is 22.1 Å². The lowest BCUT2D eigenvalue weighted by Crippen LogP contribution is -2.17. The third-order valence-corrected chi connectivity index (χ3v) is 2.71. The summed E-state index contributed by atoms with van der Waals surface area (Å²) >= 11 is 1.54. The van der Waals surface area contributed by atoms with Crippen LogP contribution in [0.4, 0.5) is 0 Å². The van der Waals surface area contributed by atoms with Crippen LogP contribution >= 0.6 is 28.7 Å². The largest absolute Gasteiger partial charge is 0.381 e. The number of ether oxygens (including phenoxy) is 1. The zero-order valence-corrected chi connectivity index (χ0v) is 11.5. The molecule has 0 atom stereocenters. The van der Waals surface area contributed by atoms with Crippen molar-refractivity contribution >= 4 is 39.6 Å². The predicted molar refractivity (Wildman–Crippen MR) is 72.2 cm³/mol. The maximum Gasteiger partial charge on any atom is 0.180 e. The quantitative estimate of drug-likeness (QED) is 0.764. The topological polar surface area (TPSA) is 60.0 Å². The molecule has 0 unspecified atom stereocenters. The smallest absolute Gasteiger partial charge is 0.180 e. The minimum atomic E-state index is 0. The number of thioether (sulfide) groups is 1. The van der Waals surface area contributed by atoms with E-state index in [9.17, 15) is 0 Å². The van der Waals surface area contributed by atoms with Crippen molar-refractivity contribution in [3.05, 3.63) is 0 Å². The van der Waals surface area contributed by atoms with Gasteiger partial charge in [0.25, 0.3) is 0 Å². The molecule has 1 aliphatic heterocycles. The number of unbranched alkanes of at least 4 members (excludes halogenated alkanes) is 1. The van der Waals surface area contributed by atoms with Crippen molar-refractivity contribution in [3.8, 4) is 0 Å². The van der Waals surface area contributed by atoms with Crippen LogP contribution in [0.25, 0.3) is 0 Å². The van der Waals surface area contributed by atoms with E-state index in [0.717, 1.165) is 37.5 Å². The number of halogens is 1. The molecule has 1 heterocycles. The SMILES string of the molecule is Br.CCCCOCCC1=NN=C(N)SC1. The number of hydrogen-bond acceptors (Lipinski definition) is 5. The fraction of sp³-hybridized carbons (Fsp3) is 0.778. The Morgan fingerprint density at radius 1 is 1.40 bits per heavy atom. The van der Waals surface area contributed by atoms with Crippen LogP contribution in [0.3, 0.4) is 0 Å². The van der Waals surface area contributed by atoms with Crippen molar-refractivity contribution in [1.29, 1.82) is 0 Å². The lowest BCUT2D eigenvalue weighted by atomic mass is 10.3. The van der Waals surface area contributed by atoms with Gasteiger partial charge in [0.1, 0.15) is 0 Å². The van der Waals surface area contributed by atoms with E-state index in [-0.39, 0.29) is 17.0 Å². The Kier molecular flexibility index (Phi) is 9.13. The molecule has 0 radical (unpaired) electrons. The van der Waals surface area contributed by atoms with Gasteiger partial charge in [0.15, 0.2) is 5.17 Å². The molecule has 0 aromatic rings. The van der Waals surface area contributed by atoms with Gasteiger partial charge in [-0.25, -0.2) is 0 Å². The molecule has 0 saturated heterocycles. The molecule has 1 aliphatic rings. The van der Waals surface area contributed by atoms with Crippen molar-refractivity contribution in [3.63, 3.8) is 0 Å². The standard InChI is InChI=1S/C9H17N3OS.BrH/c1-2-3-5-13-6-4-8-7-14-9(10)12-11-8;/h2-7H2,1H3,(H2,10,12);1H. The summed E-state index contributed by atoms with van der Waals surface area (Å²) in [5.41, 5.74) is 6.54. The first-order valence-corrected chi connectivity index (χ1v) is 5.91. The number of nitrogens with two attached hydrogens (primary N) is 1. The van der Waals surface area contributed by atoms with Gasteiger partial charge in [0, 0.05) is 18.8 Å². The molecule has 0 aromatic heterocycles. The van der Waals surface area contributed by atoms with E-state index < -0.39 is 0 Å². The lowest BCUT2D eigenvalue weighted by Gasteiger charge is -2.08. The summed E-state index contributed by atoms with van der Waals surface area (Å²) in [5.74, 6) is 0.854. The molecule has 0 bridgehead atoms. The van der Waals surface area contributed by atoms with Gasteiger partial charge < -0.3 is 10.5 Å². The van der Waals surface area contributed by atoms with Crippen LogP contribution in [-0.4, -0.2) is 29.8 Å². The monoisotopic (exact) mass is 295 g/mol. The van der Waals surface area contributed by atoms with Crippen LogP contribution in [0.5, 0.6) is 0 Å². The Bertz CT molecular complexity index is 233. The van der Waals surface area contributed by atoms with Crippen LogP contribution in [0.1, 0.15) is 26.2 Å². The van der Waals surface area contributed by atoms with E-state index >= 15 is 0 Å². The highest BCUT2D eigenvalue weighted by molar-refractivity contribution is 8.93. The first-order chi connectivity index (χ1) is 6.83. The molecule has 4 nitrogen and oxygen atoms in total. The van der Waals surface area contributed by atoms with Crippen LogP contribution < -0.4 is 5.73 Å². The molecule has 15 heavy (non-hydrogen) atoms. The Hall–Kier alpha value is -0.0700. The predicted octanol–water partition coefficient (Wildman–Crippen LogP) is 2.19. The molecular weight excluding hydrogens is 278 g/mol. The number of hydrogen-bond donors (Lipinski definition) is 1. The summed E-state index contributed by atoms with van der Waals surface area (Å²) in [6, 6.07) is 0. The van der Waals surface area contributed by atoms with E-state index in [1.54, 1.807) is 0 Å². The van der Waals surface area contributed by atoms with E-state index in [2.05, 4.69) is 17.1 Å². The van der Waals surface area contributed by atoms with Crippen LogP contribution in [-0.2, 0) is 4.74 Å². The fourth-order valence-corrected chi connectivity index (χ4v) is 1.61. The van der Waals surface area contributed by atoms with Crippen LogP contribution in [0, 0.1) is 0 Å². The summed E-state index contributed by atoms with van der Waals surface area (Å²) in [6.07, 6.45) is 3.18. The first kappa shape index (κ1) is 14.9. The zero-order valence-electron chi connectivity index (χ0n) is 8.94. The lowest BCUT2D eigenvalue weighted by molar-refractivity contribution is 0.138. The average molecular weight is 296 g/mol. The summed E-state index contributed by atoms with van der Waals surface area (Å²) in [7, 11) is 0. The third-order valence-electron chi connectivity index (χ3n) is 1.85. The highest BCUT2D eigenvalue weighted by atomic mass is 79.9. The summed E-state index contributed by atoms with van der Waals surface area (Å²) < 4.78 is 5.43. The maximum absolute atomic E-state index is 5.47. The molecule has 0 saturated carbocycles. The molecule has 1 rings (SSSR count). The second-order valence-corrected chi connectivity index (χ2v) is 4.10. The first-order valence-electron chi connectivity index (χ1n) is 4.92. The minimum Gasteiger partial charge on any atom is -0.381 e. The van der Waals surface area contributed by atoms with Crippen molar-refractivity contribution in [2.75, 3.05) is 19.0 Å². The molecule has 0 spiro atoms. The van der Waals surface area contributed by atoms with E-state index in [0.29, 0.717) is 5.17 Å². The maximum atomic E-state index is 5.47. The fourth-order valence-electron chi connectivity index (χ4n) is 0.996. The van der Waals surface area contributed by atoms with Gasteiger partial charge in [-0.3, -0.25) is 0 Å². The molecule has 2 N–H and O–H groups in total. The van der Waals surface area contributed by atoms with E-state index in [4.69, 9.17) is 10.5 Å². The Balaban J connectivity index is 0.00000196. The van der Waals surface area contributed by atoms with Gasteiger partial charge in [0.05, 0.1) is 12.3 Å². The second kappa shape index (κ2) is 9.18.